The molecule has 158 valence electrons. The maximum Gasteiger partial charge on any atom is 0.358 e. The highest BCUT2D eigenvalue weighted by molar-refractivity contribution is 7.13. The highest BCUT2D eigenvalue weighted by Gasteiger charge is 2.53. The van der Waals surface area contributed by atoms with Crippen molar-refractivity contribution in [2.75, 3.05) is 6.61 Å². The van der Waals surface area contributed by atoms with Crippen LogP contribution in [0.15, 0.2) is 35.7 Å². The lowest BCUT2D eigenvalue weighted by atomic mass is 9.48. The van der Waals surface area contributed by atoms with E-state index in [1.807, 2.05) is 30.3 Å². The molecule has 1 amide bonds. The summed E-state index contributed by atoms with van der Waals surface area (Å²) in [4.78, 5) is 29.2. The first-order valence-corrected chi connectivity index (χ1v) is 11.9. The molecule has 1 atom stereocenters. The van der Waals surface area contributed by atoms with Gasteiger partial charge in [0.25, 0.3) is 5.91 Å². The van der Waals surface area contributed by atoms with Crippen molar-refractivity contribution in [2.24, 2.45) is 23.2 Å². The molecule has 1 aromatic carbocycles. The van der Waals surface area contributed by atoms with Gasteiger partial charge in [-0.05, 0) is 68.6 Å². The van der Waals surface area contributed by atoms with Gasteiger partial charge >= 0.3 is 5.97 Å². The number of ether oxygens (including phenoxy) is 1. The minimum absolute atomic E-state index is 0.126. The summed E-state index contributed by atoms with van der Waals surface area (Å²) in [6.45, 7) is 1.88. The molecule has 0 radical (unpaired) electrons. The van der Waals surface area contributed by atoms with Crippen molar-refractivity contribution < 1.29 is 14.3 Å². The Kier molecular flexibility index (Phi) is 5.13. The van der Waals surface area contributed by atoms with Gasteiger partial charge in [-0.15, -0.1) is 11.3 Å². The monoisotopic (exact) mass is 424 g/mol. The van der Waals surface area contributed by atoms with Crippen molar-refractivity contribution in [1.29, 1.82) is 0 Å². The quantitative estimate of drug-likeness (QED) is 0.683. The Hall–Kier alpha value is -2.21. The number of nitrogens with zero attached hydrogens (tertiary/aromatic N) is 1. The summed E-state index contributed by atoms with van der Waals surface area (Å²) in [7, 11) is 0. The Morgan fingerprint density at radius 2 is 1.77 bits per heavy atom. The van der Waals surface area contributed by atoms with Crippen LogP contribution in [0.1, 0.15) is 55.9 Å². The number of nitrogens with one attached hydrogen (secondary N) is 1. The van der Waals surface area contributed by atoms with Crippen LogP contribution in [-0.2, 0) is 9.53 Å². The van der Waals surface area contributed by atoms with Crippen LogP contribution in [0.5, 0.6) is 0 Å². The number of amides is 1. The van der Waals surface area contributed by atoms with Gasteiger partial charge in [0, 0.05) is 17.0 Å². The van der Waals surface area contributed by atoms with E-state index < -0.39 is 5.97 Å². The molecule has 6 heteroatoms. The molecule has 1 aromatic heterocycles. The fourth-order valence-corrected chi connectivity index (χ4v) is 7.23. The molecule has 2 aromatic rings. The summed E-state index contributed by atoms with van der Waals surface area (Å²) in [5, 5.41) is 5.59. The molecule has 1 heterocycles. The van der Waals surface area contributed by atoms with Gasteiger partial charge in [0.1, 0.15) is 5.01 Å². The normalized spacial score (nSPS) is 30.1. The molecular formula is C24H28N2O3S. The Labute approximate surface area is 181 Å². The second-order valence-electron chi connectivity index (χ2n) is 9.55. The van der Waals surface area contributed by atoms with E-state index in [9.17, 15) is 9.59 Å². The van der Waals surface area contributed by atoms with Crippen LogP contribution in [0.4, 0.5) is 0 Å². The Bertz CT molecular complexity index is 904. The zero-order chi connectivity index (χ0) is 20.7. The predicted octanol–water partition coefficient (Wildman–Crippen LogP) is 4.69. The minimum atomic E-state index is -0.550. The maximum absolute atomic E-state index is 12.5. The number of carbonyl (C=O) groups excluding carboxylic acids is 2. The lowest BCUT2D eigenvalue weighted by molar-refractivity contribution is -0.128. The van der Waals surface area contributed by atoms with Gasteiger partial charge in [0.15, 0.2) is 12.3 Å². The highest BCUT2D eigenvalue weighted by Crippen LogP contribution is 2.61. The number of carbonyl (C=O) groups is 2. The van der Waals surface area contributed by atoms with Gasteiger partial charge in [-0.3, -0.25) is 4.79 Å². The molecule has 4 aliphatic carbocycles. The largest absolute Gasteiger partial charge is 0.451 e. The van der Waals surface area contributed by atoms with Crippen molar-refractivity contribution in [1.82, 2.24) is 10.3 Å². The molecule has 5 nitrogen and oxygen atoms in total. The average molecular weight is 425 g/mol. The smallest absolute Gasteiger partial charge is 0.358 e. The molecule has 30 heavy (non-hydrogen) atoms. The van der Waals surface area contributed by atoms with Gasteiger partial charge in [-0.25, -0.2) is 9.78 Å². The highest BCUT2D eigenvalue weighted by atomic mass is 32.1. The van der Waals surface area contributed by atoms with Crippen LogP contribution in [0.3, 0.4) is 0 Å². The number of benzene rings is 1. The van der Waals surface area contributed by atoms with E-state index in [4.69, 9.17) is 4.74 Å². The van der Waals surface area contributed by atoms with Crippen molar-refractivity contribution >= 4 is 23.2 Å². The van der Waals surface area contributed by atoms with E-state index in [0.29, 0.717) is 0 Å². The first-order chi connectivity index (χ1) is 14.5. The van der Waals surface area contributed by atoms with E-state index in [1.165, 1.54) is 49.9 Å². The topological polar surface area (TPSA) is 68.3 Å². The Balaban J connectivity index is 1.15. The van der Waals surface area contributed by atoms with Crippen LogP contribution in [-0.4, -0.2) is 29.5 Å². The van der Waals surface area contributed by atoms with E-state index in [1.54, 1.807) is 5.38 Å². The minimum Gasteiger partial charge on any atom is -0.451 e. The third-order valence-corrected chi connectivity index (χ3v) is 8.34. The van der Waals surface area contributed by atoms with Crippen LogP contribution < -0.4 is 5.32 Å². The molecule has 4 fully saturated rings. The zero-order valence-electron chi connectivity index (χ0n) is 17.3. The number of thiazole rings is 1. The summed E-state index contributed by atoms with van der Waals surface area (Å²) in [5.74, 6) is 1.77. The Morgan fingerprint density at radius 3 is 2.40 bits per heavy atom. The van der Waals surface area contributed by atoms with E-state index in [0.717, 1.165) is 28.3 Å². The second-order valence-corrected chi connectivity index (χ2v) is 10.4. The van der Waals surface area contributed by atoms with Gasteiger partial charge in [-0.1, -0.05) is 30.3 Å². The third kappa shape index (κ3) is 3.78. The lowest BCUT2D eigenvalue weighted by Gasteiger charge is -2.59. The SMILES string of the molecule is C[C@@H](NC(=O)COC(=O)c1csc(-c2ccccc2)n1)C12CC3CC(CC(C3)C1)C2. The predicted molar refractivity (Wildman–Crippen MR) is 116 cm³/mol. The number of esters is 1. The molecule has 4 saturated carbocycles. The van der Waals surface area contributed by atoms with Crippen molar-refractivity contribution in [3.05, 3.63) is 41.4 Å². The summed E-state index contributed by atoms with van der Waals surface area (Å²) in [5.41, 5.74) is 1.46. The zero-order valence-corrected chi connectivity index (χ0v) is 18.1. The van der Waals surface area contributed by atoms with Crippen molar-refractivity contribution in [2.45, 2.75) is 51.5 Å². The van der Waals surface area contributed by atoms with Gasteiger partial charge < -0.3 is 10.1 Å². The summed E-state index contributed by atoms with van der Waals surface area (Å²) >= 11 is 1.40. The number of aromatic nitrogens is 1. The van der Waals surface area contributed by atoms with Crippen molar-refractivity contribution in [3.63, 3.8) is 0 Å². The average Bonchev–Trinajstić information content (AvgIpc) is 3.22. The molecule has 0 unspecified atom stereocenters. The molecular weight excluding hydrogens is 396 g/mol. The number of rotatable bonds is 6. The second kappa shape index (κ2) is 7.80. The molecule has 0 saturated heterocycles. The standard InChI is InChI=1S/C24H28N2O3S/c1-15(24-10-16-7-17(11-24)9-18(8-16)12-24)25-21(27)13-29-23(28)20-14-30-22(26-20)19-5-3-2-4-6-19/h2-6,14-18H,7-13H2,1H3,(H,25,27)/t15-,16?,17?,18?,24?/m1/s1. The van der Waals surface area contributed by atoms with Gasteiger partial charge in [0.2, 0.25) is 0 Å². The first kappa shape index (κ1) is 19.7. The number of hydrogen-bond acceptors (Lipinski definition) is 5. The van der Waals surface area contributed by atoms with Crippen LogP contribution in [0.25, 0.3) is 10.6 Å². The molecule has 0 spiro atoms. The lowest BCUT2D eigenvalue weighted by Crippen LogP contribution is -2.56. The van der Waals surface area contributed by atoms with Crippen LogP contribution >= 0.6 is 11.3 Å². The third-order valence-electron chi connectivity index (χ3n) is 7.45. The number of hydrogen-bond donors (Lipinski definition) is 1. The van der Waals surface area contributed by atoms with Crippen molar-refractivity contribution in [3.8, 4) is 10.6 Å². The summed E-state index contributed by atoms with van der Waals surface area (Å²) in [6.07, 6.45) is 7.87. The van der Waals surface area contributed by atoms with Gasteiger partial charge in [-0.2, -0.15) is 0 Å². The summed E-state index contributed by atoms with van der Waals surface area (Å²) < 4.78 is 5.25. The maximum atomic E-state index is 12.5. The first-order valence-electron chi connectivity index (χ1n) is 11.0. The van der Waals surface area contributed by atoms with Crippen LogP contribution in [0.2, 0.25) is 0 Å². The molecule has 4 aliphatic rings. The van der Waals surface area contributed by atoms with E-state index in [-0.39, 0.29) is 29.7 Å². The fraction of sp³-hybridized carbons (Fsp3) is 0.542. The Morgan fingerprint density at radius 1 is 1.13 bits per heavy atom. The fourth-order valence-electron chi connectivity index (χ4n) is 6.43. The molecule has 0 aliphatic heterocycles. The molecule has 4 bridgehead atoms. The molecule has 6 rings (SSSR count). The van der Waals surface area contributed by atoms with E-state index in [2.05, 4.69) is 17.2 Å². The van der Waals surface area contributed by atoms with Gasteiger partial charge in [0.05, 0.1) is 0 Å². The summed E-state index contributed by atoms with van der Waals surface area (Å²) in [6, 6.07) is 9.84. The molecule has 1 N–H and O–H groups in total. The van der Waals surface area contributed by atoms with Crippen LogP contribution in [0, 0.1) is 23.2 Å². The van der Waals surface area contributed by atoms with E-state index >= 15 is 0 Å².